The predicted octanol–water partition coefficient (Wildman–Crippen LogP) is 9.83. The van der Waals surface area contributed by atoms with Crippen LogP contribution in [0.4, 0.5) is 16.0 Å². The number of fused-ring (bicyclic) bond motifs is 4. The quantitative estimate of drug-likeness (QED) is 0.0669. The molecule has 4 N–H and O–H groups in total. The number of phenolic OH excluding ortho intramolecular Hbond substituents is 1. The monoisotopic (exact) mass is 1190 g/mol. The molecule has 5 aliphatic heterocycles. The number of aryl methyl sites for hydroxylation is 2. The lowest BCUT2D eigenvalue weighted by Crippen LogP contribution is -2.57. The van der Waals surface area contributed by atoms with Gasteiger partial charge in [0.2, 0.25) is 11.8 Å². The number of pyridine rings is 1. The number of anilines is 2. The number of piperazine rings is 1. The lowest BCUT2D eigenvalue weighted by atomic mass is 9.83. The van der Waals surface area contributed by atoms with E-state index in [0.29, 0.717) is 73.2 Å². The van der Waals surface area contributed by atoms with Crippen LogP contribution in [-0.4, -0.2) is 146 Å². The summed E-state index contributed by atoms with van der Waals surface area (Å²) < 4.78 is 23.5. The van der Waals surface area contributed by atoms with Crippen LogP contribution >= 0.6 is 11.3 Å². The SMILES string of the molecule is CCc1cccc2cc(O)cc(-c3ncc4c(N5CC6CCC(C5)N6)nc(OCCN5CCC(CC6CCN(c7cnc(C(=O)NC(C(=O)N8CCCC8C(=O)NC(C)c8ccc(-c9scnc9C)cc8)C(C)(C)C)cn7)CC6)CC5)nc4c3F)c12. The third-order valence-corrected chi connectivity index (χ3v) is 19.6. The molecule has 0 aliphatic carbocycles. The maximum atomic E-state index is 17.1. The molecule has 0 saturated carbocycles. The number of carbonyl (C=O) groups excluding carboxylic acids is 3. The zero-order valence-corrected chi connectivity index (χ0v) is 51.1. The molecular formula is C66H80FN13O5S. The van der Waals surface area contributed by atoms with Crippen molar-refractivity contribution in [1.82, 2.24) is 55.7 Å². The number of likely N-dealkylation sites (tertiary alicyclic amines) is 2. The normalized spacial score (nSPS) is 20.4. The number of aromatic hydroxyl groups is 1. The smallest absolute Gasteiger partial charge is 0.319 e. The summed E-state index contributed by atoms with van der Waals surface area (Å²) in [7, 11) is 0. The zero-order valence-electron chi connectivity index (χ0n) is 50.3. The lowest BCUT2D eigenvalue weighted by molar-refractivity contribution is -0.142. The third-order valence-electron chi connectivity index (χ3n) is 18.7. The van der Waals surface area contributed by atoms with Crippen molar-refractivity contribution >= 4 is 62.4 Å². The Bertz CT molecular complexity index is 3590. The lowest BCUT2D eigenvalue weighted by Gasteiger charge is -2.37. The summed E-state index contributed by atoms with van der Waals surface area (Å²) in [5.74, 6) is 1.11. The maximum Gasteiger partial charge on any atom is 0.319 e. The minimum absolute atomic E-state index is 0.0461. The average molecular weight is 1190 g/mol. The van der Waals surface area contributed by atoms with E-state index in [-0.39, 0.29) is 46.5 Å². The molecule has 86 heavy (non-hydrogen) atoms. The van der Waals surface area contributed by atoms with Gasteiger partial charge in [-0.2, -0.15) is 9.97 Å². The zero-order chi connectivity index (χ0) is 59.8. The van der Waals surface area contributed by atoms with Gasteiger partial charge in [0.1, 0.15) is 53.0 Å². The number of halogens is 1. The van der Waals surface area contributed by atoms with E-state index in [1.165, 1.54) is 12.6 Å². The first-order valence-electron chi connectivity index (χ1n) is 31.0. The Morgan fingerprint density at radius 3 is 2.28 bits per heavy atom. The molecule has 2 bridgehead atoms. The summed E-state index contributed by atoms with van der Waals surface area (Å²) in [6.07, 6.45) is 14.5. The molecular weight excluding hydrogens is 1110 g/mol. The van der Waals surface area contributed by atoms with E-state index < -0.39 is 29.2 Å². The molecule has 5 aliphatic rings. The van der Waals surface area contributed by atoms with Crippen molar-refractivity contribution in [2.45, 2.75) is 136 Å². The number of nitrogens with zero attached hydrogens (tertiary/aromatic N) is 10. The number of amides is 3. The number of benzene rings is 3. The van der Waals surface area contributed by atoms with E-state index in [0.717, 1.165) is 128 Å². The number of hydrogen-bond acceptors (Lipinski definition) is 16. The van der Waals surface area contributed by atoms with Gasteiger partial charge < -0.3 is 40.5 Å². The summed E-state index contributed by atoms with van der Waals surface area (Å²) in [4.78, 5) is 79.7. The van der Waals surface area contributed by atoms with Crippen LogP contribution in [0, 0.1) is 30.0 Å². The van der Waals surface area contributed by atoms with Crippen LogP contribution < -0.4 is 30.5 Å². The standard InChI is InChI=1S/C66H80FN13O5S/c1-7-43-10-8-11-46-31-49(81)32-50(55(43)46)57-56(67)58-51(33-70-57)61(79-36-47-17-18-48(37-79)73-47)76-65(74-58)85-29-28-77-24-19-41(20-25-77)30-42-21-26-78(27-22-42)54-35-68-52(34-69-54)62(82)75-60(66(4,5)6)64(84)80-23-9-12-53(80)63(83)72-39(2)44-13-15-45(16-14-44)59-40(3)71-38-86-59/h8,10-11,13-16,31-35,38-39,41-42,47-48,53,60,73,81H,7,9,12,17-30,36-37H2,1-6H3,(H,72,83)(H,75,82). The molecule has 452 valence electrons. The molecule has 3 aromatic carbocycles. The molecule has 7 aromatic rings. The Labute approximate surface area is 506 Å². The summed E-state index contributed by atoms with van der Waals surface area (Å²) in [6, 6.07) is 16.4. The fourth-order valence-corrected chi connectivity index (χ4v) is 14.7. The van der Waals surface area contributed by atoms with E-state index in [1.807, 2.05) is 82.6 Å². The molecule has 5 unspecified atom stereocenters. The summed E-state index contributed by atoms with van der Waals surface area (Å²) in [5, 5.41) is 22.8. The van der Waals surface area contributed by atoms with Crippen LogP contribution in [0.2, 0.25) is 0 Å². The number of ether oxygens (including phenoxy) is 1. The highest BCUT2D eigenvalue weighted by Crippen LogP contribution is 2.40. The van der Waals surface area contributed by atoms with E-state index >= 15 is 4.39 Å². The minimum Gasteiger partial charge on any atom is -0.508 e. The summed E-state index contributed by atoms with van der Waals surface area (Å²) >= 11 is 1.60. The first-order chi connectivity index (χ1) is 41.5. The number of phenols is 1. The number of nitrogens with one attached hydrogen (secondary N) is 3. The van der Waals surface area contributed by atoms with Crippen LogP contribution in [0.1, 0.15) is 126 Å². The molecule has 18 nitrogen and oxygen atoms in total. The topological polar surface area (TPSA) is 207 Å². The van der Waals surface area contributed by atoms with Crippen LogP contribution in [0.3, 0.4) is 0 Å². The average Bonchev–Trinajstić information content (AvgIpc) is 1.08. The van der Waals surface area contributed by atoms with Crippen molar-refractivity contribution in [3.8, 4) is 33.5 Å². The molecule has 5 atom stereocenters. The maximum absolute atomic E-state index is 17.1. The largest absolute Gasteiger partial charge is 0.508 e. The second kappa shape index (κ2) is 25.1. The van der Waals surface area contributed by atoms with Crippen LogP contribution in [0.5, 0.6) is 11.8 Å². The van der Waals surface area contributed by atoms with Gasteiger partial charge in [0.25, 0.3) is 5.91 Å². The Kier molecular flexibility index (Phi) is 17.2. The predicted molar refractivity (Wildman–Crippen MR) is 334 cm³/mol. The molecule has 4 aromatic heterocycles. The first-order valence-corrected chi connectivity index (χ1v) is 31.9. The van der Waals surface area contributed by atoms with E-state index in [4.69, 9.17) is 24.7 Å². The highest BCUT2D eigenvalue weighted by atomic mass is 32.1. The van der Waals surface area contributed by atoms with Gasteiger partial charge in [-0.3, -0.25) is 24.3 Å². The van der Waals surface area contributed by atoms with Gasteiger partial charge in [-0.1, -0.05) is 70.2 Å². The van der Waals surface area contributed by atoms with Gasteiger partial charge in [-0.15, -0.1) is 11.3 Å². The number of carbonyl (C=O) groups is 3. The summed E-state index contributed by atoms with van der Waals surface area (Å²) in [6.45, 7) is 18.4. The highest BCUT2D eigenvalue weighted by Gasteiger charge is 2.43. The van der Waals surface area contributed by atoms with Crippen molar-refractivity contribution < 1.29 is 28.6 Å². The van der Waals surface area contributed by atoms with Gasteiger partial charge in [0.15, 0.2) is 5.82 Å². The van der Waals surface area contributed by atoms with E-state index in [1.54, 1.807) is 40.8 Å². The van der Waals surface area contributed by atoms with E-state index in [2.05, 4.69) is 47.5 Å². The van der Waals surface area contributed by atoms with Crippen molar-refractivity contribution in [2.24, 2.45) is 17.3 Å². The number of rotatable bonds is 17. The molecule has 5 saturated heterocycles. The molecule has 5 fully saturated rings. The molecule has 9 heterocycles. The van der Waals surface area contributed by atoms with Crippen molar-refractivity contribution in [3.63, 3.8) is 0 Å². The van der Waals surface area contributed by atoms with Gasteiger partial charge in [-0.05, 0) is 148 Å². The van der Waals surface area contributed by atoms with Gasteiger partial charge in [0, 0.05) is 63.1 Å². The molecule has 0 spiro atoms. The summed E-state index contributed by atoms with van der Waals surface area (Å²) in [5.41, 5.74) is 6.22. The van der Waals surface area contributed by atoms with Gasteiger partial charge >= 0.3 is 6.01 Å². The second-order valence-corrected chi connectivity index (χ2v) is 26.4. The number of thiazole rings is 1. The molecule has 3 amide bonds. The first kappa shape index (κ1) is 58.9. The van der Waals surface area contributed by atoms with Crippen LogP contribution in [0.25, 0.3) is 43.4 Å². The number of hydrogen-bond donors (Lipinski definition) is 4. The Hall–Kier alpha value is -7.42. The number of aromatic nitrogens is 6. The fourth-order valence-electron chi connectivity index (χ4n) is 13.9. The van der Waals surface area contributed by atoms with Crippen molar-refractivity contribution in [2.75, 3.05) is 68.8 Å². The number of piperidine rings is 2. The van der Waals surface area contributed by atoms with Gasteiger partial charge in [0.05, 0.1) is 39.9 Å². The van der Waals surface area contributed by atoms with E-state index in [9.17, 15) is 19.5 Å². The van der Waals surface area contributed by atoms with Crippen LogP contribution in [0.15, 0.2) is 78.7 Å². The fraction of sp³-hybridized carbons (Fsp3) is 0.500. The van der Waals surface area contributed by atoms with Crippen molar-refractivity contribution in [1.29, 1.82) is 0 Å². The van der Waals surface area contributed by atoms with Crippen LogP contribution in [-0.2, 0) is 16.0 Å². The van der Waals surface area contributed by atoms with Gasteiger partial charge in [-0.25, -0.2) is 19.3 Å². The Morgan fingerprint density at radius 2 is 1.59 bits per heavy atom. The molecule has 0 radical (unpaired) electrons. The Balaban J connectivity index is 0.612. The molecule has 12 rings (SSSR count). The second-order valence-electron chi connectivity index (χ2n) is 25.6. The molecule has 20 heteroatoms. The minimum atomic E-state index is -0.898. The third kappa shape index (κ3) is 12.6. The van der Waals surface area contributed by atoms with Crippen molar-refractivity contribution in [3.05, 3.63) is 107 Å². The Morgan fingerprint density at radius 1 is 0.849 bits per heavy atom. The highest BCUT2D eigenvalue weighted by molar-refractivity contribution is 7.13.